The van der Waals surface area contributed by atoms with Gasteiger partial charge in [-0.25, -0.2) is 4.79 Å². The first kappa shape index (κ1) is 21.7. The fraction of sp³-hybridized carbons (Fsp3) is 0.550. The Labute approximate surface area is 155 Å². The lowest BCUT2D eigenvalue weighted by Gasteiger charge is -2.27. The van der Waals surface area contributed by atoms with Gasteiger partial charge in [0.25, 0.3) is 0 Å². The smallest absolute Gasteiger partial charge is 0.408 e. The van der Waals surface area contributed by atoms with E-state index in [9.17, 15) is 14.4 Å². The molecule has 6 nitrogen and oxygen atoms in total. The van der Waals surface area contributed by atoms with E-state index in [-0.39, 0.29) is 24.9 Å². The van der Waals surface area contributed by atoms with Gasteiger partial charge in [-0.2, -0.15) is 0 Å². The van der Waals surface area contributed by atoms with Gasteiger partial charge >= 0.3 is 12.1 Å². The van der Waals surface area contributed by atoms with Gasteiger partial charge in [-0.15, -0.1) is 0 Å². The Balaban J connectivity index is 2.77. The summed E-state index contributed by atoms with van der Waals surface area (Å²) in [5.41, 5.74) is -0.497. The minimum Gasteiger partial charge on any atom is -0.465 e. The summed E-state index contributed by atoms with van der Waals surface area (Å²) in [5, 5.41) is 2.60. The van der Waals surface area contributed by atoms with Crippen LogP contribution in [0, 0.1) is 11.3 Å². The fourth-order valence-electron chi connectivity index (χ4n) is 2.46. The molecule has 0 aliphatic rings. The van der Waals surface area contributed by atoms with E-state index < -0.39 is 23.5 Å². The molecular weight excluding hydrogens is 334 g/mol. The van der Waals surface area contributed by atoms with E-state index in [1.165, 1.54) is 13.8 Å². The molecule has 0 fully saturated rings. The minimum absolute atomic E-state index is 0.108. The predicted octanol–water partition coefficient (Wildman–Crippen LogP) is 3.49. The normalized spacial score (nSPS) is 12.4. The highest BCUT2D eigenvalue weighted by Gasteiger charge is 2.42. The number of amides is 1. The van der Waals surface area contributed by atoms with Crippen LogP contribution in [0.5, 0.6) is 0 Å². The maximum Gasteiger partial charge on any atom is 0.408 e. The number of carbonyl (C=O) groups excluding carboxylic acids is 3. The van der Waals surface area contributed by atoms with Crippen LogP contribution in [0.25, 0.3) is 0 Å². The Morgan fingerprint density at radius 1 is 1.08 bits per heavy atom. The highest BCUT2D eigenvalue weighted by Crippen LogP contribution is 2.23. The predicted molar refractivity (Wildman–Crippen MR) is 98.4 cm³/mol. The standard InChI is InChI=1S/C20H29NO5/c1-6-25-18(23)20(4,5)17(22)16(12-14(2)3)21-19(24)26-13-15-10-8-7-9-11-15/h7-11,14,16H,6,12-13H2,1-5H3,(H,21,24). The molecule has 6 heteroatoms. The van der Waals surface area contributed by atoms with Crippen LogP contribution in [-0.4, -0.2) is 30.5 Å². The number of Topliss-reactive ketones (excluding diaryl/α,β-unsaturated/α-hetero) is 1. The van der Waals surface area contributed by atoms with Crippen molar-refractivity contribution >= 4 is 17.8 Å². The van der Waals surface area contributed by atoms with E-state index in [1.54, 1.807) is 6.92 Å². The first-order chi connectivity index (χ1) is 12.2. The summed E-state index contributed by atoms with van der Waals surface area (Å²) in [6, 6.07) is 8.44. The van der Waals surface area contributed by atoms with Gasteiger partial charge in [-0.1, -0.05) is 44.2 Å². The molecule has 1 amide bonds. The highest BCUT2D eigenvalue weighted by atomic mass is 16.5. The number of alkyl carbamates (subject to hydrolysis) is 1. The third kappa shape index (κ3) is 6.50. The first-order valence-electron chi connectivity index (χ1n) is 8.87. The summed E-state index contributed by atoms with van der Waals surface area (Å²) in [4.78, 5) is 37.1. The second-order valence-electron chi connectivity index (χ2n) is 7.10. The lowest BCUT2D eigenvalue weighted by atomic mass is 9.82. The Hall–Kier alpha value is -2.37. The van der Waals surface area contributed by atoms with Crippen LogP contribution < -0.4 is 5.32 Å². The van der Waals surface area contributed by atoms with E-state index in [0.717, 1.165) is 5.56 Å². The van der Waals surface area contributed by atoms with Gasteiger partial charge < -0.3 is 14.8 Å². The maximum absolute atomic E-state index is 12.9. The summed E-state index contributed by atoms with van der Waals surface area (Å²) in [5.74, 6) is -0.837. The molecule has 0 aromatic heterocycles. The van der Waals surface area contributed by atoms with Crippen LogP contribution in [0.3, 0.4) is 0 Å². The molecule has 0 bridgehead atoms. The number of ketones is 1. The van der Waals surface area contributed by atoms with Crippen LogP contribution in [0.4, 0.5) is 4.79 Å². The highest BCUT2D eigenvalue weighted by molar-refractivity contribution is 6.06. The zero-order valence-corrected chi connectivity index (χ0v) is 16.2. The molecule has 0 saturated carbocycles. The van der Waals surface area contributed by atoms with Gasteiger partial charge in [0.2, 0.25) is 0 Å². The van der Waals surface area contributed by atoms with Crippen molar-refractivity contribution in [3.8, 4) is 0 Å². The van der Waals surface area contributed by atoms with E-state index in [4.69, 9.17) is 9.47 Å². The van der Waals surface area contributed by atoms with Crippen molar-refractivity contribution in [3.05, 3.63) is 35.9 Å². The molecule has 144 valence electrons. The minimum atomic E-state index is -1.34. The first-order valence-corrected chi connectivity index (χ1v) is 8.87. The summed E-state index contributed by atoms with van der Waals surface area (Å²) in [6.45, 7) is 8.88. The average Bonchev–Trinajstić information content (AvgIpc) is 2.59. The van der Waals surface area contributed by atoms with Crippen molar-refractivity contribution in [1.82, 2.24) is 5.32 Å². The summed E-state index contributed by atoms with van der Waals surface area (Å²) < 4.78 is 10.2. The van der Waals surface area contributed by atoms with Gasteiger partial charge in [0, 0.05) is 0 Å². The Bertz CT molecular complexity index is 610. The van der Waals surface area contributed by atoms with Crippen molar-refractivity contribution < 1.29 is 23.9 Å². The van der Waals surface area contributed by atoms with E-state index in [0.29, 0.717) is 6.42 Å². The average molecular weight is 363 g/mol. The molecule has 1 atom stereocenters. The van der Waals surface area contributed by atoms with Gasteiger partial charge in [0.15, 0.2) is 5.78 Å². The number of hydrogen-bond donors (Lipinski definition) is 1. The maximum atomic E-state index is 12.9. The van der Waals surface area contributed by atoms with Crippen LogP contribution in [-0.2, 0) is 25.7 Å². The van der Waals surface area contributed by atoms with Crippen LogP contribution in [0.1, 0.15) is 46.6 Å². The van der Waals surface area contributed by atoms with Gasteiger partial charge in [-0.3, -0.25) is 9.59 Å². The van der Waals surface area contributed by atoms with Gasteiger partial charge in [-0.05, 0) is 38.7 Å². The van der Waals surface area contributed by atoms with Crippen LogP contribution >= 0.6 is 0 Å². The van der Waals surface area contributed by atoms with Crippen molar-refractivity contribution in [1.29, 1.82) is 0 Å². The number of ether oxygens (including phenoxy) is 2. The third-order valence-corrected chi connectivity index (χ3v) is 3.93. The molecule has 26 heavy (non-hydrogen) atoms. The molecule has 0 aliphatic carbocycles. The summed E-state index contributed by atoms with van der Waals surface area (Å²) in [7, 11) is 0. The molecule has 1 aromatic rings. The number of nitrogens with one attached hydrogen (secondary N) is 1. The van der Waals surface area contributed by atoms with Crippen LogP contribution in [0.2, 0.25) is 0 Å². The Morgan fingerprint density at radius 2 is 1.69 bits per heavy atom. The second kappa shape index (κ2) is 9.94. The quantitative estimate of drug-likeness (QED) is 0.536. The molecule has 1 aromatic carbocycles. The van der Waals surface area contributed by atoms with Crippen LogP contribution in [0.15, 0.2) is 30.3 Å². The molecule has 0 aliphatic heterocycles. The molecule has 1 rings (SSSR count). The molecule has 1 unspecified atom stereocenters. The van der Waals surface area contributed by atoms with Gasteiger partial charge in [0.1, 0.15) is 12.0 Å². The number of benzene rings is 1. The van der Waals surface area contributed by atoms with Crippen molar-refractivity contribution in [2.75, 3.05) is 6.61 Å². The Kier molecular flexibility index (Phi) is 8.29. The van der Waals surface area contributed by atoms with E-state index >= 15 is 0 Å². The molecular formula is C20H29NO5. The second-order valence-corrected chi connectivity index (χ2v) is 7.10. The molecule has 0 radical (unpaired) electrons. The lowest BCUT2D eigenvalue weighted by molar-refractivity contribution is -0.158. The number of hydrogen-bond acceptors (Lipinski definition) is 5. The SMILES string of the molecule is CCOC(=O)C(C)(C)C(=O)C(CC(C)C)NC(=O)OCc1ccccc1. The number of rotatable bonds is 9. The largest absolute Gasteiger partial charge is 0.465 e. The summed E-state index contributed by atoms with van der Waals surface area (Å²) in [6.07, 6.45) is -0.283. The fourth-order valence-corrected chi connectivity index (χ4v) is 2.46. The van der Waals surface area contributed by atoms with E-state index in [2.05, 4.69) is 5.32 Å². The Morgan fingerprint density at radius 3 is 2.23 bits per heavy atom. The molecule has 1 N–H and O–H groups in total. The lowest BCUT2D eigenvalue weighted by Crippen LogP contribution is -2.50. The topological polar surface area (TPSA) is 81.7 Å². The number of carbonyl (C=O) groups is 3. The van der Waals surface area contributed by atoms with Gasteiger partial charge in [0.05, 0.1) is 12.6 Å². The molecule has 0 saturated heterocycles. The van der Waals surface area contributed by atoms with Crippen molar-refractivity contribution in [2.24, 2.45) is 11.3 Å². The van der Waals surface area contributed by atoms with E-state index in [1.807, 2.05) is 44.2 Å². The molecule has 0 heterocycles. The van der Waals surface area contributed by atoms with Crippen molar-refractivity contribution in [2.45, 2.75) is 53.7 Å². The third-order valence-electron chi connectivity index (χ3n) is 3.93. The summed E-state index contributed by atoms with van der Waals surface area (Å²) >= 11 is 0. The zero-order valence-electron chi connectivity index (χ0n) is 16.2. The monoisotopic (exact) mass is 363 g/mol. The molecule has 0 spiro atoms. The van der Waals surface area contributed by atoms with Crippen molar-refractivity contribution in [3.63, 3.8) is 0 Å². The number of esters is 1. The zero-order chi connectivity index (χ0) is 19.7.